The molecule has 0 heterocycles. The second-order valence-electron chi connectivity index (χ2n) is 6.07. The molecule has 0 bridgehead atoms. The zero-order valence-corrected chi connectivity index (χ0v) is 14.7. The average molecular weight is 356 g/mol. The molecular weight excluding hydrogens is 336 g/mol. The minimum atomic E-state index is -1.13. The van der Waals surface area contributed by atoms with Gasteiger partial charge in [-0.1, -0.05) is 60.7 Å². The van der Waals surface area contributed by atoms with E-state index in [-0.39, 0.29) is 12.2 Å². The summed E-state index contributed by atoms with van der Waals surface area (Å²) in [7, 11) is 0. The molecule has 0 unspecified atom stereocenters. The van der Waals surface area contributed by atoms with E-state index in [1.54, 1.807) is 0 Å². The second-order valence-corrected chi connectivity index (χ2v) is 7.17. The van der Waals surface area contributed by atoms with Crippen LogP contribution in [0.5, 0.6) is 0 Å². The van der Waals surface area contributed by atoms with Crippen LogP contribution in [0.3, 0.4) is 0 Å². The molecule has 0 radical (unpaired) electrons. The Morgan fingerprint density at radius 3 is 1.72 bits per heavy atom. The highest BCUT2D eigenvalue weighted by Crippen LogP contribution is 2.32. The maximum Gasteiger partial charge on any atom is 0.0491 e. The van der Waals surface area contributed by atoms with Crippen LogP contribution in [0.15, 0.2) is 60.7 Å². The van der Waals surface area contributed by atoms with Gasteiger partial charge in [0, 0.05) is 23.1 Å². The number of carbonyl (C=O) groups excluding carboxylic acids is 2. The summed E-state index contributed by atoms with van der Waals surface area (Å²) in [6.45, 7) is 0. The lowest BCUT2D eigenvalue weighted by atomic mass is 9.78. The van der Waals surface area contributed by atoms with Gasteiger partial charge in [-0.3, -0.25) is 0 Å². The third-order valence-electron chi connectivity index (χ3n) is 4.03. The fourth-order valence-electron chi connectivity index (χ4n) is 2.76. The number of hydrogen-bond acceptors (Lipinski definition) is 5. The molecule has 2 rings (SSSR count). The minimum absolute atomic E-state index is 0.0928. The average Bonchev–Trinajstić information content (AvgIpc) is 2.60. The van der Waals surface area contributed by atoms with Gasteiger partial charge in [0.2, 0.25) is 0 Å². The molecule has 0 aliphatic carbocycles. The number of carboxylic acids is 2. The monoisotopic (exact) mass is 356 g/mol. The Hall–Kier alpha value is -2.27. The van der Waals surface area contributed by atoms with E-state index in [1.165, 1.54) is 11.8 Å². The number of hydrogen-bond donors (Lipinski definition) is 0. The van der Waals surface area contributed by atoms with Crippen molar-refractivity contribution in [1.29, 1.82) is 0 Å². The number of benzene rings is 2. The molecule has 0 fully saturated rings. The van der Waals surface area contributed by atoms with E-state index in [0.29, 0.717) is 18.6 Å². The number of carboxylic acid groups (broad SMARTS) is 2. The van der Waals surface area contributed by atoms with Gasteiger partial charge < -0.3 is 19.8 Å². The fourth-order valence-corrected chi connectivity index (χ4v) is 3.93. The first-order chi connectivity index (χ1) is 12.0. The maximum atomic E-state index is 12.1. The molecule has 132 valence electrons. The summed E-state index contributed by atoms with van der Waals surface area (Å²) in [4.78, 5) is 22.7. The summed E-state index contributed by atoms with van der Waals surface area (Å²) >= 11 is 1.31. The Balaban J connectivity index is 2.22. The van der Waals surface area contributed by atoms with E-state index in [4.69, 9.17) is 0 Å². The Morgan fingerprint density at radius 2 is 1.32 bits per heavy atom. The highest BCUT2D eigenvalue weighted by molar-refractivity contribution is 7.99. The summed E-state index contributed by atoms with van der Waals surface area (Å²) in [5.41, 5.74) is 0.741. The van der Waals surface area contributed by atoms with Crippen LogP contribution in [0.2, 0.25) is 0 Å². The van der Waals surface area contributed by atoms with E-state index >= 15 is 0 Å². The van der Waals surface area contributed by atoms with Gasteiger partial charge in [-0.2, -0.15) is 11.8 Å². The van der Waals surface area contributed by atoms with E-state index in [0.717, 1.165) is 11.1 Å². The first kappa shape index (κ1) is 19.1. The van der Waals surface area contributed by atoms with Gasteiger partial charge in [0.1, 0.15) is 0 Å². The molecule has 0 amide bonds. The predicted octanol–water partition coefficient (Wildman–Crippen LogP) is 1.08. The first-order valence-electron chi connectivity index (χ1n) is 8.09. The predicted molar refractivity (Wildman–Crippen MR) is 94.7 cm³/mol. The standard InChI is InChI=1S/C20H22O4S/c21-18(22)11-12-25-15-20(19(23)24,13-16-7-3-1-4-8-16)14-17-9-5-2-6-10-17/h1-10H,11-15H2,(H,21,22)(H,23,24)/p-2. The SMILES string of the molecule is O=C([O-])CCSCC(Cc1ccccc1)(Cc1ccccc1)C(=O)[O-]. The van der Waals surface area contributed by atoms with Crippen molar-refractivity contribution in [3.05, 3.63) is 71.8 Å². The van der Waals surface area contributed by atoms with Crippen LogP contribution in [-0.4, -0.2) is 23.4 Å². The molecule has 0 aromatic heterocycles. The first-order valence-corrected chi connectivity index (χ1v) is 9.24. The van der Waals surface area contributed by atoms with Gasteiger partial charge >= 0.3 is 0 Å². The van der Waals surface area contributed by atoms with Gasteiger partial charge in [-0.15, -0.1) is 0 Å². The lowest BCUT2D eigenvalue weighted by Gasteiger charge is -2.35. The summed E-state index contributed by atoms with van der Waals surface area (Å²) in [5, 5.41) is 22.7. The zero-order valence-electron chi connectivity index (χ0n) is 13.9. The molecule has 0 spiro atoms. The lowest BCUT2D eigenvalue weighted by Crippen LogP contribution is -2.47. The second kappa shape index (κ2) is 9.28. The summed E-state index contributed by atoms with van der Waals surface area (Å²) in [6, 6.07) is 18.9. The molecule has 5 heteroatoms. The molecule has 2 aromatic rings. The molecule has 0 aliphatic rings. The molecule has 0 saturated heterocycles. The van der Waals surface area contributed by atoms with Crippen LogP contribution in [0, 0.1) is 5.41 Å². The summed E-state index contributed by atoms with van der Waals surface area (Å²) in [6.07, 6.45) is 0.581. The van der Waals surface area contributed by atoms with E-state index in [1.807, 2.05) is 60.7 Å². The minimum Gasteiger partial charge on any atom is -0.550 e. The molecule has 4 nitrogen and oxygen atoms in total. The molecule has 2 aromatic carbocycles. The maximum absolute atomic E-state index is 12.1. The van der Waals surface area contributed by atoms with Crippen molar-refractivity contribution in [2.75, 3.05) is 11.5 Å². The van der Waals surface area contributed by atoms with Crippen molar-refractivity contribution in [3.63, 3.8) is 0 Å². The van der Waals surface area contributed by atoms with Crippen molar-refractivity contribution < 1.29 is 19.8 Å². The topological polar surface area (TPSA) is 80.3 Å². The molecular formula is C20H20O4S-2. The van der Waals surface area contributed by atoms with Crippen molar-refractivity contribution >= 4 is 23.7 Å². The molecule has 25 heavy (non-hydrogen) atoms. The van der Waals surface area contributed by atoms with Gasteiger partial charge in [-0.05, 0) is 36.1 Å². The van der Waals surface area contributed by atoms with Crippen molar-refractivity contribution in [3.8, 4) is 0 Å². The Kier molecular flexibility index (Phi) is 7.07. The number of carbonyl (C=O) groups is 2. The van der Waals surface area contributed by atoms with Gasteiger partial charge in [-0.25, -0.2) is 0 Å². The van der Waals surface area contributed by atoms with E-state index < -0.39 is 17.4 Å². The van der Waals surface area contributed by atoms with Gasteiger partial charge in [0.25, 0.3) is 0 Å². The highest BCUT2D eigenvalue weighted by Gasteiger charge is 2.32. The third kappa shape index (κ3) is 5.94. The molecule has 0 saturated carbocycles. The molecule has 0 N–H and O–H groups in total. The van der Waals surface area contributed by atoms with Crippen LogP contribution in [0.1, 0.15) is 17.5 Å². The summed E-state index contributed by atoms with van der Waals surface area (Å²) < 4.78 is 0. The van der Waals surface area contributed by atoms with Crippen molar-refractivity contribution in [2.24, 2.45) is 5.41 Å². The zero-order chi connectivity index (χ0) is 18.1. The van der Waals surface area contributed by atoms with Crippen molar-refractivity contribution in [2.45, 2.75) is 19.3 Å². The molecule has 0 atom stereocenters. The molecule has 0 aliphatic heterocycles. The van der Waals surface area contributed by atoms with E-state index in [2.05, 4.69) is 0 Å². The third-order valence-corrected chi connectivity index (χ3v) is 5.28. The van der Waals surface area contributed by atoms with Gasteiger partial charge in [0.05, 0.1) is 0 Å². The normalized spacial score (nSPS) is 11.2. The summed E-state index contributed by atoms with van der Waals surface area (Å²) in [5.74, 6) is -1.63. The quantitative estimate of drug-likeness (QED) is 0.595. The van der Waals surface area contributed by atoms with Crippen molar-refractivity contribution in [1.82, 2.24) is 0 Å². The highest BCUT2D eigenvalue weighted by atomic mass is 32.2. The smallest absolute Gasteiger partial charge is 0.0491 e. The Bertz CT molecular complexity index is 644. The van der Waals surface area contributed by atoms with Crippen LogP contribution in [0.25, 0.3) is 0 Å². The fraction of sp³-hybridized carbons (Fsp3) is 0.300. The number of rotatable bonds is 10. The largest absolute Gasteiger partial charge is 0.550 e. The van der Waals surface area contributed by atoms with Crippen LogP contribution in [-0.2, 0) is 22.4 Å². The Labute approximate surface area is 151 Å². The van der Waals surface area contributed by atoms with Crippen LogP contribution < -0.4 is 10.2 Å². The van der Waals surface area contributed by atoms with Gasteiger partial charge in [0.15, 0.2) is 0 Å². The van der Waals surface area contributed by atoms with Crippen LogP contribution >= 0.6 is 11.8 Å². The Morgan fingerprint density at radius 1 is 0.840 bits per heavy atom. The van der Waals surface area contributed by atoms with Crippen LogP contribution in [0.4, 0.5) is 0 Å². The van der Waals surface area contributed by atoms with E-state index in [9.17, 15) is 19.8 Å². The lowest BCUT2D eigenvalue weighted by molar-refractivity contribution is -0.318. The number of aliphatic carboxylic acids is 2. The number of thioether (sulfide) groups is 1.